The molecule has 8 nitrogen and oxygen atoms in total. The van der Waals surface area contributed by atoms with E-state index in [-0.39, 0.29) is 19.4 Å². The van der Waals surface area contributed by atoms with Crippen LogP contribution < -0.4 is 0 Å². The van der Waals surface area contributed by atoms with Crippen LogP contribution in [0.2, 0.25) is 0 Å². The molecule has 0 aliphatic carbocycles. The zero-order chi connectivity index (χ0) is 35.2. The summed E-state index contributed by atoms with van der Waals surface area (Å²) in [6.45, 7) is 7.91. The third kappa shape index (κ3) is 34.6. The first-order chi connectivity index (χ1) is 23.5. The van der Waals surface area contributed by atoms with Crippen molar-refractivity contribution in [1.82, 2.24) is 0 Å². The van der Waals surface area contributed by atoms with E-state index in [0.717, 1.165) is 25.7 Å². The van der Waals surface area contributed by atoms with Gasteiger partial charge in [-0.25, -0.2) is 9.59 Å². The second-order valence-corrected chi connectivity index (χ2v) is 15.3. The number of carbonyl (C=O) groups excluding carboxylic acids is 2. The van der Waals surface area contributed by atoms with Gasteiger partial charge in [0, 0.05) is 12.8 Å². The Kier molecular flexibility index (Phi) is 36.0. The van der Waals surface area contributed by atoms with E-state index < -0.39 is 21.0 Å². The van der Waals surface area contributed by atoms with Crippen molar-refractivity contribution in [2.45, 2.75) is 219 Å². The SMILES string of the molecule is C=CCO[Si](O)(OOC(=O)CCCCCCCCCCCCCCCCC)OOC(=O)CCCCCCCCCCCCCCCCC. The molecule has 0 fully saturated rings. The summed E-state index contributed by atoms with van der Waals surface area (Å²) in [5.74, 6) is -1.27. The Balaban J connectivity index is 3.81. The topological polar surface area (TPSA) is 101 Å². The molecule has 0 saturated carbocycles. The van der Waals surface area contributed by atoms with Crippen LogP contribution >= 0.6 is 0 Å². The van der Waals surface area contributed by atoms with E-state index in [1.807, 2.05) is 0 Å². The van der Waals surface area contributed by atoms with Crippen LogP contribution in [0.15, 0.2) is 12.7 Å². The Labute approximate surface area is 296 Å². The highest BCUT2D eigenvalue weighted by molar-refractivity contribution is 6.51. The average molecular weight is 701 g/mol. The minimum atomic E-state index is -4.53. The fourth-order valence-electron chi connectivity index (χ4n) is 5.79. The van der Waals surface area contributed by atoms with Gasteiger partial charge in [-0.3, -0.25) is 0 Å². The molecular formula is C39H76O8Si. The van der Waals surface area contributed by atoms with Gasteiger partial charge in [0.2, 0.25) is 0 Å². The van der Waals surface area contributed by atoms with Crippen molar-refractivity contribution >= 4 is 21.0 Å². The summed E-state index contributed by atoms with van der Waals surface area (Å²) in [5, 5.41) is 0. The van der Waals surface area contributed by atoms with E-state index in [1.54, 1.807) is 0 Å². The molecule has 0 aliphatic heterocycles. The Morgan fingerprint density at radius 1 is 0.479 bits per heavy atom. The molecule has 0 bridgehead atoms. The fraction of sp³-hybridized carbons (Fsp3) is 0.897. The van der Waals surface area contributed by atoms with Crippen LogP contribution in [0.4, 0.5) is 0 Å². The molecule has 0 aromatic carbocycles. The smallest absolute Gasteiger partial charge is 0.364 e. The van der Waals surface area contributed by atoms with Crippen LogP contribution in [-0.4, -0.2) is 32.4 Å². The van der Waals surface area contributed by atoms with Crippen LogP contribution in [0.25, 0.3) is 0 Å². The van der Waals surface area contributed by atoms with E-state index in [2.05, 4.69) is 20.4 Å². The molecule has 0 heterocycles. The van der Waals surface area contributed by atoms with Crippen molar-refractivity contribution in [2.75, 3.05) is 6.61 Å². The van der Waals surface area contributed by atoms with Gasteiger partial charge in [-0.05, 0) is 12.8 Å². The van der Waals surface area contributed by atoms with E-state index >= 15 is 0 Å². The number of hydrogen-bond acceptors (Lipinski definition) is 8. The standard InChI is InChI=1S/C39H76O8Si/c1-4-7-9-11-13-15-17-19-21-23-25-27-29-31-33-35-38(40)44-46-48(42,43-37-6-3)47-45-39(41)36-34-32-30-28-26-24-22-20-18-16-14-12-10-8-5-2/h6,42H,3-5,7-37H2,1-2H3. The second-order valence-electron chi connectivity index (χ2n) is 13.6. The predicted octanol–water partition coefficient (Wildman–Crippen LogP) is 12.1. The van der Waals surface area contributed by atoms with Gasteiger partial charge < -0.3 is 19.0 Å². The zero-order valence-corrected chi connectivity index (χ0v) is 32.4. The van der Waals surface area contributed by atoms with Crippen LogP contribution in [-0.2, 0) is 32.9 Å². The predicted molar refractivity (Wildman–Crippen MR) is 198 cm³/mol. The molecule has 0 aromatic heterocycles. The molecule has 0 saturated heterocycles. The van der Waals surface area contributed by atoms with E-state index in [4.69, 9.17) is 23.4 Å². The molecular weight excluding hydrogens is 625 g/mol. The van der Waals surface area contributed by atoms with Gasteiger partial charge in [-0.15, -0.1) is 15.7 Å². The van der Waals surface area contributed by atoms with Gasteiger partial charge in [0.05, 0.1) is 6.61 Å². The quantitative estimate of drug-likeness (QED) is 0.0222. The Morgan fingerprint density at radius 2 is 0.729 bits per heavy atom. The second kappa shape index (κ2) is 37.0. The van der Waals surface area contributed by atoms with Gasteiger partial charge >= 0.3 is 21.0 Å². The molecule has 0 rings (SSSR count). The van der Waals surface area contributed by atoms with Gasteiger partial charge in [-0.1, -0.05) is 200 Å². The molecule has 0 spiro atoms. The first-order valence-electron chi connectivity index (χ1n) is 20.2. The summed E-state index contributed by atoms with van der Waals surface area (Å²) in [6, 6.07) is 0. The highest BCUT2D eigenvalue weighted by Gasteiger charge is 2.48. The summed E-state index contributed by atoms with van der Waals surface area (Å²) in [7, 11) is -4.53. The molecule has 0 aliphatic rings. The fourth-order valence-corrected chi connectivity index (χ4v) is 6.64. The lowest BCUT2D eigenvalue weighted by atomic mass is 10.0. The molecule has 284 valence electrons. The van der Waals surface area contributed by atoms with E-state index in [1.165, 1.54) is 160 Å². The highest BCUT2D eigenvalue weighted by Crippen LogP contribution is 2.16. The van der Waals surface area contributed by atoms with E-state index in [0.29, 0.717) is 12.8 Å². The average Bonchev–Trinajstić information content (AvgIpc) is 3.09. The van der Waals surface area contributed by atoms with Crippen molar-refractivity contribution in [3.05, 3.63) is 12.7 Å². The number of unbranched alkanes of at least 4 members (excludes halogenated alkanes) is 28. The molecule has 0 amide bonds. The van der Waals surface area contributed by atoms with Gasteiger partial charge in [-0.2, -0.15) is 0 Å². The third-order valence-corrected chi connectivity index (χ3v) is 9.95. The third-order valence-electron chi connectivity index (χ3n) is 8.83. The largest absolute Gasteiger partial charge is 0.752 e. The number of rotatable bonds is 39. The Morgan fingerprint density at radius 3 is 0.979 bits per heavy atom. The van der Waals surface area contributed by atoms with Crippen LogP contribution in [0.5, 0.6) is 0 Å². The van der Waals surface area contributed by atoms with Gasteiger partial charge in [0.1, 0.15) is 0 Å². The number of hydrogen-bond donors (Lipinski definition) is 1. The normalized spacial score (nSPS) is 11.6. The van der Waals surface area contributed by atoms with Crippen LogP contribution in [0, 0.1) is 0 Å². The Bertz CT molecular complexity index is 670. The van der Waals surface area contributed by atoms with Crippen molar-refractivity contribution in [3.63, 3.8) is 0 Å². The van der Waals surface area contributed by atoms with Crippen molar-refractivity contribution in [1.29, 1.82) is 0 Å². The molecule has 0 radical (unpaired) electrons. The first kappa shape index (κ1) is 46.7. The lowest BCUT2D eigenvalue weighted by molar-refractivity contribution is -0.308. The first-order valence-corrected chi connectivity index (χ1v) is 21.9. The minimum Gasteiger partial charge on any atom is -0.364 e. The van der Waals surface area contributed by atoms with Gasteiger partial charge in [0.15, 0.2) is 0 Å². The zero-order valence-electron chi connectivity index (χ0n) is 31.4. The van der Waals surface area contributed by atoms with Gasteiger partial charge in [0.25, 0.3) is 0 Å². The lowest BCUT2D eigenvalue weighted by Crippen LogP contribution is -2.47. The van der Waals surface area contributed by atoms with Crippen molar-refractivity contribution in [3.8, 4) is 0 Å². The summed E-state index contributed by atoms with van der Waals surface area (Å²) < 4.78 is 14.8. The molecule has 48 heavy (non-hydrogen) atoms. The van der Waals surface area contributed by atoms with Crippen molar-refractivity contribution < 1.29 is 37.7 Å². The van der Waals surface area contributed by atoms with Crippen LogP contribution in [0.3, 0.4) is 0 Å². The summed E-state index contributed by atoms with van der Waals surface area (Å²) in [4.78, 5) is 44.3. The maximum absolute atomic E-state index is 12.1. The highest BCUT2D eigenvalue weighted by atomic mass is 28.4. The summed E-state index contributed by atoms with van der Waals surface area (Å²) in [5.41, 5.74) is 0. The lowest BCUT2D eigenvalue weighted by Gasteiger charge is -2.18. The van der Waals surface area contributed by atoms with E-state index in [9.17, 15) is 14.4 Å². The molecule has 1 N–H and O–H groups in total. The van der Waals surface area contributed by atoms with Crippen molar-refractivity contribution in [2.24, 2.45) is 0 Å². The van der Waals surface area contributed by atoms with Crippen LogP contribution in [0.1, 0.15) is 219 Å². The molecule has 0 aromatic rings. The minimum absolute atomic E-state index is 0.129. The number of carbonyl (C=O) groups is 2. The monoisotopic (exact) mass is 701 g/mol. The Hall–Kier alpha value is -1.26. The summed E-state index contributed by atoms with van der Waals surface area (Å²) in [6.07, 6.45) is 38.9. The molecule has 0 unspecified atom stereocenters. The maximum atomic E-state index is 12.1. The summed E-state index contributed by atoms with van der Waals surface area (Å²) >= 11 is 0. The molecule has 9 heteroatoms. The maximum Gasteiger partial charge on any atom is 0.752 e. The molecule has 0 atom stereocenters.